The minimum Gasteiger partial charge on any atom is -0.325 e. The Morgan fingerprint density at radius 3 is 2.81 bits per heavy atom. The molecule has 3 aromatic rings. The molecule has 0 radical (unpaired) electrons. The summed E-state index contributed by atoms with van der Waals surface area (Å²) in [7, 11) is 0. The summed E-state index contributed by atoms with van der Waals surface area (Å²) in [5.41, 5.74) is 8.20. The summed E-state index contributed by atoms with van der Waals surface area (Å²) in [6.45, 7) is 0.303. The lowest BCUT2D eigenvalue weighted by molar-refractivity contribution is 0.102. The third-order valence-electron chi connectivity index (χ3n) is 3.17. The fourth-order valence-corrected chi connectivity index (χ4v) is 2.13. The van der Waals surface area contributed by atoms with Crippen molar-refractivity contribution in [3.8, 4) is 0 Å². The molecule has 0 aliphatic heterocycles. The molecule has 0 saturated carbocycles. The minimum absolute atomic E-state index is 0.203. The smallest absolute Gasteiger partial charge is 0.255 e. The maximum absolute atomic E-state index is 12.3. The Morgan fingerprint density at radius 1 is 1.10 bits per heavy atom. The second-order valence-corrected chi connectivity index (χ2v) is 4.57. The van der Waals surface area contributed by atoms with Crippen molar-refractivity contribution in [1.29, 1.82) is 0 Å². The number of nitrogens with zero attached hydrogens (tertiary/aromatic N) is 2. The van der Waals surface area contributed by atoms with Crippen LogP contribution < -0.4 is 11.1 Å². The van der Waals surface area contributed by atoms with Gasteiger partial charge in [-0.05, 0) is 24.3 Å². The highest BCUT2D eigenvalue weighted by Gasteiger charge is 2.09. The van der Waals surface area contributed by atoms with Crippen molar-refractivity contribution in [2.75, 3.05) is 5.32 Å². The number of hydrogen-bond acceptors (Lipinski definition) is 4. The molecule has 0 aliphatic rings. The zero-order chi connectivity index (χ0) is 14.7. The van der Waals surface area contributed by atoms with Gasteiger partial charge in [-0.15, -0.1) is 0 Å². The number of fused-ring (bicyclic) bond motifs is 1. The van der Waals surface area contributed by atoms with Crippen LogP contribution in [0.15, 0.2) is 54.9 Å². The number of anilines is 1. The first-order chi connectivity index (χ1) is 10.3. The summed E-state index contributed by atoms with van der Waals surface area (Å²) < 4.78 is 0. The van der Waals surface area contributed by atoms with Gasteiger partial charge in [0.1, 0.15) is 0 Å². The van der Waals surface area contributed by atoms with Crippen molar-refractivity contribution in [3.63, 3.8) is 0 Å². The van der Waals surface area contributed by atoms with E-state index in [0.717, 1.165) is 10.9 Å². The lowest BCUT2D eigenvalue weighted by Gasteiger charge is -2.08. The van der Waals surface area contributed by atoms with E-state index in [9.17, 15) is 4.79 Å². The van der Waals surface area contributed by atoms with Gasteiger partial charge >= 0.3 is 0 Å². The van der Waals surface area contributed by atoms with Crippen LogP contribution in [0.3, 0.4) is 0 Å². The van der Waals surface area contributed by atoms with Gasteiger partial charge in [0.05, 0.1) is 16.9 Å². The zero-order valence-electron chi connectivity index (χ0n) is 11.3. The maximum atomic E-state index is 12.3. The largest absolute Gasteiger partial charge is 0.325 e. The Labute approximate surface area is 121 Å². The number of nitrogens with one attached hydrogen (secondary N) is 1. The van der Waals surface area contributed by atoms with E-state index < -0.39 is 0 Å². The summed E-state index contributed by atoms with van der Waals surface area (Å²) in [5.74, 6) is -0.203. The number of carbonyl (C=O) groups is 1. The third-order valence-corrected chi connectivity index (χ3v) is 3.17. The average molecular weight is 278 g/mol. The molecule has 0 unspecified atom stereocenters. The third kappa shape index (κ3) is 2.73. The summed E-state index contributed by atoms with van der Waals surface area (Å²) in [4.78, 5) is 20.7. The van der Waals surface area contributed by atoms with Crippen molar-refractivity contribution in [2.45, 2.75) is 6.54 Å². The fraction of sp³-hybridized carbons (Fsp3) is 0.0625. The number of pyridine rings is 2. The molecule has 5 nitrogen and oxygen atoms in total. The highest BCUT2D eigenvalue weighted by Crippen LogP contribution is 2.21. The van der Waals surface area contributed by atoms with Crippen molar-refractivity contribution < 1.29 is 4.79 Å². The van der Waals surface area contributed by atoms with Gasteiger partial charge in [0.15, 0.2) is 0 Å². The predicted octanol–water partition coefficient (Wildman–Crippen LogP) is 2.34. The Morgan fingerprint density at radius 2 is 1.95 bits per heavy atom. The van der Waals surface area contributed by atoms with Gasteiger partial charge in [0.2, 0.25) is 0 Å². The van der Waals surface area contributed by atoms with Gasteiger partial charge in [-0.2, -0.15) is 0 Å². The molecular formula is C16H14N4O. The Kier molecular flexibility index (Phi) is 3.57. The summed E-state index contributed by atoms with van der Waals surface area (Å²) in [6.07, 6.45) is 3.29. The van der Waals surface area contributed by atoms with E-state index >= 15 is 0 Å². The number of benzene rings is 1. The molecule has 3 rings (SSSR count). The first-order valence-electron chi connectivity index (χ1n) is 6.58. The van der Waals surface area contributed by atoms with Gasteiger partial charge in [0.25, 0.3) is 5.91 Å². The molecule has 0 saturated heterocycles. The van der Waals surface area contributed by atoms with Crippen LogP contribution in [0.25, 0.3) is 10.9 Å². The highest BCUT2D eigenvalue weighted by molar-refractivity contribution is 6.08. The van der Waals surface area contributed by atoms with Gasteiger partial charge in [-0.25, -0.2) is 0 Å². The molecule has 3 N–H and O–H groups in total. The van der Waals surface area contributed by atoms with Crippen LogP contribution >= 0.6 is 0 Å². The Hall–Kier alpha value is -2.79. The number of amides is 1. The van der Waals surface area contributed by atoms with E-state index in [4.69, 9.17) is 5.73 Å². The van der Waals surface area contributed by atoms with E-state index in [1.807, 2.05) is 30.3 Å². The maximum Gasteiger partial charge on any atom is 0.255 e. The predicted molar refractivity (Wildman–Crippen MR) is 81.8 cm³/mol. The zero-order valence-corrected chi connectivity index (χ0v) is 11.3. The molecule has 1 amide bonds. The number of carbonyl (C=O) groups excluding carboxylic acids is 1. The van der Waals surface area contributed by atoms with Crippen molar-refractivity contribution in [2.24, 2.45) is 5.73 Å². The second-order valence-electron chi connectivity index (χ2n) is 4.57. The van der Waals surface area contributed by atoms with Gasteiger partial charge in [-0.3, -0.25) is 14.8 Å². The number of rotatable bonds is 3. The van der Waals surface area contributed by atoms with Crippen LogP contribution in [0.5, 0.6) is 0 Å². The molecule has 2 aromatic heterocycles. The monoisotopic (exact) mass is 278 g/mol. The highest BCUT2D eigenvalue weighted by atomic mass is 16.1. The molecule has 5 heteroatoms. The van der Waals surface area contributed by atoms with E-state index in [-0.39, 0.29) is 5.91 Å². The number of hydrogen-bond donors (Lipinski definition) is 2. The molecule has 0 fully saturated rings. The van der Waals surface area contributed by atoms with Gasteiger partial charge in [0, 0.05) is 29.9 Å². The minimum atomic E-state index is -0.203. The Bertz CT molecular complexity index is 796. The average Bonchev–Trinajstić information content (AvgIpc) is 2.55. The molecule has 2 heterocycles. The topological polar surface area (TPSA) is 80.9 Å². The van der Waals surface area contributed by atoms with Crippen LogP contribution in [0.1, 0.15) is 16.1 Å². The first-order valence-corrected chi connectivity index (χ1v) is 6.58. The summed E-state index contributed by atoms with van der Waals surface area (Å²) in [6, 6.07) is 12.8. The van der Waals surface area contributed by atoms with Gasteiger partial charge in [-0.1, -0.05) is 18.2 Å². The van der Waals surface area contributed by atoms with Crippen LogP contribution in [0.2, 0.25) is 0 Å². The van der Waals surface area contributed by atoms with Crippen molar-refractivity contribution >= 4 is 22.5 Å². The summed E-state index contributed by atoms with van der Waals surface area (Å²) >= 11 is 0. The van der Waals surface area contributed by atoms with E-state index in [2.05, 4.69) is 15.3 Å². The van der Waals surface area contributed by atoms with Crippen LogP contribution in [0.4, 0.5) is 5.69 Å². The van der Waals surface area contributed by atoms with Gasteiger partial charge < -0.3 is 11.1 Å². The molecule has 104 valence electrons. The molecular weight excluding hydrogens is 264 g/mol. The molecule has 21 heavy (non-hydrogen) atoms. The Balaban J connectivity index is 1.93. The lowest BCUT2D eigenvalue weighted by atomic mass is 10.1. The van der Waals surface area contributed by atoms with Crippen LogP contribution in [0, 0.1) is 0 Å². The first kappa shape index (κ1) is 13.2. The number of para-hydroxylation sites is 1. The van der Waals surface area contributed by atoms with Crippen molar-refractivity contribution in [3.05, 3.63) is 66.1 Å². The number of nitrogens with two attached hydrogens (primary N) is 1. The van der Waals surface area contributed by atoms with E-state index in [1.54, 1.807) is 24.5 Å². The fourth-order valence-electron chi connectivity index (χ4n) is 2.13. The lowest BCUT2D eigenvalue weighted by Crippen LogP contribution is -2.13. The molecule has 1 aromatic carbocycles. The second kappa shape index (κ2) is 5.68. The molecule has 0 spiro atoms. The molecule has 0 bridgehead atoms. The standard InChI is InChI=1S/C16H14N4O/c17-10-13-9-12(6-8-18-13)16(21)20-14-5-1-3-11-4-2-7-19-15(11)14/h1-9H,10,17H2,(H,20,21). The number of aromatic nitrogens is 2. The van der Waals surface area contributed by atoms with Crippen LogP contribution in [-0.4, -0.2) is 15.9 Å². The van der Waals surface area contributed by atoms with Crippen molar-refractivity contribution in [1.82, 2.24) is 9.97 Å². The normalized spacial score (nSPS) is 10.5. The summed E-state index contributed by atoms with van der Waals surface area (Å²) in [5, 5.41) is 3.86. The van der Waals surface area contributed by atoms with Crippen LogP contribution in [-0.2, 0) is 6.54 Å². The molecule has 0 aliphatic carbocycles. The molecule has 0 atom stereocenters. The quantitative estimate of drug-likeness (QED) is 0.770. The SMILES string of the molecule is NCc1cc(C(=O)Nc2cccc3cccnc23)ccn1. The van der Waals surface area contributed by atoms with E-state index in [1.165, 1.54) is 0 Å². The van der Waals surface area contributed by atoms with E-state index in [0.29, 0.717) is 23.5 Å².